The maximum Gasteiger partial charge on any atom is 0.410 e. The van der Waals surface area contributed by atoms with E-state index in [9.17, 15) is 4.79 Å². The second-order valence-corrected chi connectivity index (χ2v) is 11.7. The molecule has 1 aliphatic carbocycles. The van der Waals surface area contributed by atoms with Crippen molar-refractivity contribution in [2.24, 2.45) is 0 Å². The minimum Gasteiger partial charge on any atom is -0.444 e. The third kappa shape index (κ3) is 6.93. The molecule has 5 rings (SSSR count). The summed E-state index contributed by atoms with van der Waals surface area (Å²) in [6.07, 6.45) is 7.15. The molecule has 0 aromatic heterocycles. The van der Waals surface area contributed by atoms with Crippen molar-refractivity contribution in [2.75, 3.05) is 13.1 Å². The summed E-state index contributed by atoms with van der Waals surface area (Å²) in [6.45, 7) is 8.78. The van der Waals surface area contributed by atoms with E-state index in [0.717, 1.165) is 38.9 Å². The fourth-order valence-electron chi connectivity index (χ4n) is 5.52. The maximum absolute atomic E-state index is 13.3. The summed E-state index contributed by atoms with van der Waals surface area (Å²) in [4.78, 5) is 18.0. The van der Waals surface area contributed by atoms with Crippen LogP contribution in [0.1, 0.15) is 68.2 Å². The van der Waals surface area contributed by atoms with Gasteiger partial charge in [-0.05, 0) is 62.3 Å². The van der Waals surface area contributed by atoms with Gasteiger partial charge < -0.3 is 9.64 Å². The summed E-state index contributed by atoms with van der Waals surface area (Å²) in [6, 6.07) is 30.3. The quantitative estimate of drug-likeness (QED) is 0.308. The van der Waals surface area contributed by atoms with Crippen LogP contribution in [-0.2, 0) is 11.3 Å². The van der Waals surface area contributed by atoms with E-state index < -0.39 is 5.60 Å². The van der Waals surface area contributed by atoms with E-state index >= 15 is 0 Å². The van der Waals surface area contributed by atoms with Gasteiger partial charge >= 0.3 is 6.09 Å². The van der Waals surface area contributed by atoms with Crippen molar-refractivity contribution in [2.45, 2.75) is 70.2 Å². The Labute approximate surface area is 227 Å². The first-order valence-electron chi connectivity index (χ1n) is 14.0. The van der Waals surface area contributed by atoms with Gasteiger partial charge in [0.15, 0.2) is 0 Å². The monoisotopic (exact) mass is 508 g/mol. The van der Waals surface area contributed by atoms with Crippen LogP contribution in [0.4, 0.5) is 4.79 Å². The molecule has 0 radical (unpaired) electrons. The Morgan fingerprint density at radius 1 is 0.868 bits per heavy atom. The van der Waals surface area contributed by atoms with Gasteiger partial charge in [-0.15, -0.1) is 0 Å². The van der Waals surface area contributed by atoms with Crippen molar-refractivity contribution in [3.8, 4) is 0 Å². The largest absolute Gasteiger partial charge is 0.444 e. The number of hydrogen-bond acceptors (Lipinski definition) is 3. The van der Waals surface area contributed by atoms with Crippen LogP contribution < -0.4 is 0 Å². The van der Waals surface area contributed by atoms with Crippen LogP contribution in [0.5, 0.6) is 0 Å². The van der Waals surface area contributed by atoms with Crippen LogP contribution in [0.25, 0.3) is 12.2 Å². The number of rotatable bonds is 7. The van der Waals surface area contributed by atoms with Gasteiger partial charge in [-0.2, -0.15) is 0 Å². The normalized spacial score (nSPS) is 20.4. The zero-order valence-corrected chi connectivity index (χ0v) is 22.9. The summed E-state index contributed by atoms with van der Waals surface area (Å²) in [5.41, 5.74) is 4.58. The summed E-state index contributed by atoms with van der Waals surface area (Å²) < 4.78 is 5.89. The van der Waals surface area contributed by atoms with Gasteiger partial charge in [0.25, 0.3) is 0 Å². The van der Waals surface area contributed by atoms with Crippen LogP contribution in [0.2, 0.25) is 0 Å². The number of carbonyl (C=O) groups excluding carboxylic acids is 1. The Kier molecular flexibility index (Phi) is 7.99. The summed E-state index contributed by atoms with van der Waals surface area (Å²) >= 11 is 0. The number of hydrogen-bond donors (Lipinski definition) is 0. The van der Waals surface area contributed by atoms with E-state index in [2.05, 4.69) is 101 Å². The molecule has 198 valence electrons. The number of benzene rings is 3. The van der Waals surface area contributed by atoms with Gasteiger partial charge in [0.05, 0.1) is 0 Å². The van der Waals surface area contributed by atoms with Crippen molar-refractivity contribution < 1.29 is 9.53 Å². The van der Waals surface area contributed by atoms with E-state index in [-0.39, 0.29) is 18.2 Å². The lowest BCUT2D eigenvalue weighted by molar-refractivity contribution is 0.00488. The highest BCUT2D eigenvalue weighted by Gasteiger charge is 2.48. The lowest BCUT2D eigenvalue weighted by Gasteiger charge is -2.39. The maximum atomic E-state index is 13.3. The van der Waals surface area contributed by atoms with Gasteiger partial charge in [0.1, 0.15) is 5.60 Å². The third-order valence-electron chi connectivity index (χ3n) is 7.55. The van der Waals surface area contributed by atoms with Crippen LogP contribution in [-0.4, -0.2) is 46.7 Å². The topological polar surface area (TPSA) is 32.8 Å². The van der Waals surface area contributed by atoms with Crippen molar-refractivity contribution in [3.05, 3.63) is 107 Å². The fourth-order valence-corrected chi connectivity index (χ4v) is 5.52. The minimum atomic E-state index is -0.490. The zero-order valence-electron chi connectivity index (χ0n) is 22.9. The van der Waals surface area contributed by atoms with E-state index in [4.69, 9.17) is 4.74 Å². The predicted octanol–water partition coefficient (Wildman–Crippen LogP) is 7.61. The molecular weight excluding hydrogens is 468 g/mol. The average molecular weight is 509 g/mol. The second kappa shape index (κ2) is 11.6. The molecule has 1 amide bonds. The van der Waals surface area contributed by atoms with Gasteiger partial charge in [-0.3, -0.25) is 4.90 Å². The van der Waals surface area contributed by atoms with E-state index in [1.807, 2.05) is 26.8 Å². The van der Waals surface area contributed by atoms with Crippen molar-refractivity contribution in [1.29, 1.82) is 0 Å². The first-order chi connectivity index (χ1) is 18.4. The molecule has 0 bridgehead atoms. The van der Waals surface area contributed by atoms with Crippen molar-refractivity contribution in [1.82, 2.24) is 9.80 Å². The molecule has 1 saturated heterocycles. The van der Waals surface area contributed by atoms with Crippen LogP contribution in [0.15, 0.2) is 84.9 Å². The number of piperidine rings is 1. The molecule has 1 saturated carbocycles. The van der Waals surface area contributed by atoms with Crippen LogP contribution >= 0.6 is 0 Å². The molecule has 0 unspecified atom stereocenters. The zero-order chi connectivity index (χ0) is 26.5. The van der Waals surface area contributed by atoms with Gasteiger partial charge in [-0.1, -0.05) is 97.1 Å². The summed E-state index contributed by atoms with van der Waals surface area (Å²) in [5, 5.41) is 0. The molecule has 1 aliphatic heterocycles. The Morgan fingerprint density at radius 2 is 1.45 bits per heavy atom. The molecule has 2 fully saturated rings. The Morgan fingerprint density at radius 3 is 2.05 bits per heavy atom. The van der Waals surface area contributed by atoms with Crippen LogP contribution in [0.3, 0.4) is 0 Å². The number of likely N-dealkylation sites (tertiary alicyclic amines) is 1. The lowest BCUT2D eigenvalue weighted by atomic mass is 10.0. The Hall–Kier alpha value is -3.37. The summed E-state index contributed by atoms with van der Waals surface area (Å²) in [5.74, 6) is 0.413. The van der Waals surface area contributed by atoms with Crippen LogP contribution in [0, 0.1) is 0 Å². The first kappa shape index (κ1) is 26.2. The fraction of sp³-hybridized carbons (Fsp3) is 0.382. The molecule has 3 aromatic carbocycles. The van der Waals surface area contributed by atoms with Gasteiger partial charge in [-0.25, -0.2) is 4.79 Å². The van der Waals surface area contributed by atoms with Crippen molar-refractivity contribution >= 4 is 18.2 Å². The standard InChI is InChI=1S/C34H40N2O2/c1-34(2,3)38-33(37)36(32-24-31(32)29-12-8-5-9-13-29)30-20-22-35(23-21-30)25-28-18-16-27(17-19-28)15-14-26-10-6-4-7-11-26/h4-19,30-32H,20-25H2,1-3H3/b15-14+/t31-,32+/m0/s1. The average Bonchev–Trinajstić information content (AvgIpc) is 3.70. The molecule has 4 heteroatoms. The van der Waals surface area contributed by atoms with E-state index in [1.54, 1.807) is 0 Å². The number of ether oxygens (including phenoxy) is 1. The molecule has 4 nitrogen and oxygen atoms in total. The number of amides is 1. The van der Waals surface area contributed by atoms with E-state index in [1.165, 1.54) is 22.3 Å². The minimum absolute atomic E-state index is 0.154. The first-order valence-corrected chi connectivity index (χ1v) is 14.0. The predicted molar refractivity (Wildman–Crippen MR) is 156 cm³/mol. The molecule has 2 aliphatic rings. The highest BCUT2D eigenvalue weighted by molar-refractivity contribution is 5.70. The van der Waals surface area contributed by atoms with E-state index in [0.29, 0.717) is 5.92 Å². The highest BCUT2D eigenvalue weighted by Crippen LogP contribution is 2.46. The number of carbonyl (C=O) groups is 1. The molecule has 0 spiro atoms. The molecule has 3 aromatic rings. The highest BCUT2D eigenvalue weighted by atomic mass is 16.6. The smallest absolute Gasteiger partial charge is 0.410 e. The molecular formula is C34H40N2O2. The molecule has 1 heterocycles. The molecule has 0 N–H and O–H groups in total. The second-order valence-electron chi connectivity index (χ2n) is 11.7. The van der Waals surface area contributed by atoms with Gasteiger partial charge in [0, 0.05) is 37.6 Å². The third-order valence-corrected chi connectivity index (χ3v) is 7.55. The van der Waals surface area contributed by atoms with Crippen molar-refractivity contribution in [3.63, 3.8) is 0 Å². The molecule has 38 heavy (non-hydrogen) atoms. The Balaban J connectivity index is 1.18. The lowest BCUT2D eigenvalue weighted by Crippen LogP contribution is -2.50. The Bertz CT molecular complexity index is 1210. The molecule has 2 atom stereocenters. The number of nitrogens with zero attached hydrogens (tertiary/aromatic N) is 2. The summed E-state index contributed by atoms with van der Waals surface area (Å²) in [7, 11) is 0. The SMILES string of the molecule is CC(C)(C)OC(=O)N(C1CCN(Cc2ccc(/C=C/c3ccccc3)cc2)CC1)[C@@H]1C[C@H]1c1ccccc1. The van der Waals surface area contributed by atoms with Gasteiger partial charge in [0.2, 0.25) is 0 Å².